The molecule has 2 fully saturated rings. The van der Waals surface area contributed by atoms with Gasteiger partial charge in [0.2, 0.25) is 0 Å². The van der Waals surface area contributed by atoms with Gasteiger partial charge in [0.25, 0.3) is 0 Å². The molecule has 100 valence electrons. The van der Waals surface area contributed by atoms with Gasteiger partial charge in [0, 0.05) is 31.7 Å². The molecule has 3 N–H and O–H groups in total. The maximum atomic E-state index is 9.56. The zero-order valence-corrected chi connectivity index (χ0v) is 11.2. The summed E-state index contributed by atoms with van der Waals surface area (Å²) >= 11 is 0. The second-order valence-corrected chi connectivity index (χ2v) is 5.79. The van der Waals surface area contributed by atoms with Crippen LogP contribution in [0.2, 0.25) is 0 Å². The Morgan fingerprint density at radius 1 is 1.53 bits per heavy atom. The average Bonchev–Trinajstić information content (AvgIpc) is 2.88. The maximum Gasteiger partial charge on any atom is 0.0679 e. The Kier molecular flexibility index (Phi) is 4.79. The molecule has 0 amide bonds. The van der Waals surface area contributed by atoms with Crippen molar-refractivity contribution < 1.29 is 5.11 Å². The zero-order valence-electron chi connectivity index (χ0n) is 11.2. The molecule has 0 saturated carbocycles. The fourth-order valence-electron chi connectivity index (χ4n) is 3.28. The quantitative estimate of drug-likeness (QED) is 0.635. The largest absolute Gasteiger partial charge is 0.392 e. The summed E-state index contributed by atoms with van der Waals surface area (Å²) < 4.78 is 0. The van der Waals surface area contributed by atoms with Crippen molar-refractivity contribution in [2.75, 3.05) is 33.2 Å². The van der Waals surface area contributed by atoms with Gasteiger partial charge < -0.3 is 15.7 Å². The maximum absolute atomic E-state index is 9.56. The Hall–Kier alpha value is -0.160. The molecular weight excluding hydrogens is 214 g/mol. The topological polar surface area (TPSA) is 47.5 Å². The van der Waals surface area contributed by atoms with Gasteiger partial charge in [-0.05, 0) is 45.7 Å². The predicted octanol–water partition coefficient (Wildman–Crippen LogP) is 0.0291. The standard InChI is InChI=1S/C13H27N3O/c1-10(16-4-3-13(17)9-16)5-11-6-12(8-14-2)15-7-11/h10-15,17H,3-9H2,1-2H3. The summed E-state index contributed by atoms with van der Waals surface area (Å²) in [5, 5.41) is 16.4. The predicted molar refractivity (Wildman–Crippen MR) is 70.1 cm³/mol. The van der Waals surface area contributed by atoms with Gasteiger partial charge in [0.05, 0.1) is 6.10 Å². The number of aliphatic hydroxyl groups excluding tert-OH is 1. The first-order chi connectivity index (χ1) is 8.19. The minimum Gasteiger partial charge on any atom is -0.392 e. The third kappa shape index (κ3) is 3.65. The van der Waals surface area contributed by atoms with Crippen LogP contribution in [0.15, 0.2) is 0 Å². The van der Waals surface area contributed by atoms with Gasteiger partial charge >= 0.3 is 0 Å². The van der Waals surface area contributed by atoms with Crippen molar-refractivity contribution in [2.24, 2.45) is 5.92 Å². The normalized spacial score (nSPS) is 36.5. The van der Waals surface area contributed by atoms with E-state index in [1.807, 2.05) is 7.05 Å². The van der Waals surface area contributed by atoms with Crippen LogP contribution in [0.4, 0.5) is 0 Å². The fourth-order valence-corrected chi connectivity index (χ4v) is 3.28. The monoisotopic (exact) mass is 241 g/mol. The summed E-state index contributed by atoms with van der Waals surface area (Å²) in [5.74, 6) is 0.807. The molecule has 4 nitrogen and oxygen atoms in total. The molecular formula is C13H27N3O. The highest BCUT2D eigenvalue weighted by atomic mass is 16.3. The molecule has 2 aliphatic rings. The second kappa shape index (κ2) is 6.14. The van der Waals surface area contributed by atoms with Crippen LogP contribution in [0.1, 0.15) is 26.2 Å². The van der Waals surface area contributed by atoms with Gasteiger partial charge in [-0.1, -0.05) is 0 Å². The van der Waals surface area contributed by atoms with Crippen LogP contribution in [0.5, 0.6) is 0 Å². The first-order valence-corrected chi connectivity index (χ1v) is 6.99. The van der Waals surface area contributed by atoms with Crippen molar-refractivity contribution in [3.8, 4) is 0 Å². The lowest BCUT2D eigenvalue weighted by molar-refractivity contribution is 0.154. The fraction of sp³-hybridized carbons (Fsp3) is 1.00. The van der Waals surface area contributed by atoms with Crippen molar-refractivity contribution >= 4 is 0 Å². The van der Waals surface area contributed by atoms with Gasteiger partial charge in [-0.25, -0.2) is 0 Å². The Morgan fingerprint density at radius 2 is 2.35 bits per heavy atom. The SMILES string of the molecule is CNCC1CC(CC(C)N2CCC(O)C2)CN1. The Balaban J connectivity index is 1.70. The first-order valence-electron chi connectivity index (χ1n) is 6.99. The molecule has 2 rings (SSSR count). The van der Waals surface area contributed by atoms with Crippen molar-refractivity contribution in [1.29, 1.82) is 0 Å². The number of rotatable bonds is 5. The number of likely N-dealkylation sites (tertiary alicyclic amines) is 1. The molecule has 4 heteroatoms. The van der Waals surface area contributed by atoms with E-state index in [9.17, 15) is 5.11 Å². The summed E-state index contributed by atoms with van der Waals surface area (Å²) in [5.41, 5.74) is 0. The van der Waals surface area contributed by atoms with Crippen LogP contribution < -0.4 is 10.6 Å². The summed E-state index contributed by atoms with van der Waals surface area (Å²) in [6.07, 6.45) is 3.42. The van der Waals surface area contributed by atoms with E-state index in [1.54, 1.807) is 0 Å². The van der Waals surface area contributed by atoms with Crippen LogP contribution in [0, 0.1) is 5.92 Å². The van der Waals surface area contributed by atoms with Crippen LogP contribution in [-0.4, -0.2) is 61.4 Å². The van der Waals surface area contributed by atoms with Crippen LogP contribution in [-0.2, 0) is 0 Å². The van der Waals surface area contributed by atoms with Gasteiger partial charge in [-0.3, -0.25) is 4.90 Å². The highest BCUT2D eigenvalue weighted by molar-refractivity contribution is 4.87. The van der Waals surface area contributed by atoms with E-state index in [4.69, 9.17) is 0 Å². The molecule has 0 spiro atoms. The molecule has 0 aromatic carbocycles. The molecule has 0 aromatic rings. The van der Waals surface area contributed by atoms with E-state index >= 15 is 0 Å². The summed E-state index contributed by atoms with van der Waals surface area (Å²) in [6, 6.07) is 1.27. The molecule has 0 aliphatic carbocycles. The molecule has 2 aliphatic heterocycles. The van der Waals surface area contributed by atoms with Crippen molar-refractivity contribution in [3.63, 3.8) is 0 Å². The number of aliphatic hydroxyl groups is 1. The minimum absolute atomic E-state index is 0.0869. The molecule has 0 radical (unpaired) electrons. The van der Waals surface area contributed by atoms with Crippen molar-refractivity contribution in [3.05, 3.63) is 0 Å². The third-order valence-corrected chi connectivity index (χ3v) is 4.26. The Labute approximate surface area is 105 Å². The number of likely N-dealkylation sites (N-methyl/N-ethyl adjacent to an activating group) is 1. The van der Waals surface area contributed by atoms with Gasteiger partial charge in [0.1, 0.15) is 0 Å². The number of β-amino-alcohol motifs (C(OH)–C–C–N with tert-alkyl or cyclic N) is 1. The molecule has 4 unspecified atom stereocenters. The summed E-state index contributed by atoms with van der Waals surface area (Å²) in [7, 11) is 2.02. The molecule has 0 aromatic heterocycles. The highest BCUT2D eigenvalue weighted by Crippen LogP contribution is 2.23. The number of nitrogens with one attached hydrogen (secondary N) is 2. The molecule has 4 atom stereocenters. The van der Waals surface area contributed by atoms with E-state index in [2.05, 4.69) is 22.5 Å². The summed E-state index contributed by atoms with van der Waals surface area (Å²) in [6.45, 7) is 6.49. The summed E-state index contributed by atoms with van der Waals surface area (Å²) in [4.78, 5) is 2.44. The molecule has 0 bridgehead atoms. The van der Waals surface area contributed by atoms with E-state index in [-0.39, 0.29) is 6.10 Å². The minimum atomic E-state index is -0.0869. The lowest BCUT2D eigenvalue weighted by Crippen LogP contribution is -2.33. The van der Waals surface area contributed by atoms with E-state index in [0.29, 0.717) is 12.1 Å². The first kappa shape index (κ1) is 13.3. The lowest BCUT2D eigenvalue weighted by Gasteiger charge is -2.26. The zero-order chi connectivity index (χ0) is 12.3. The van der Waals surface area contributed by atoms with Crippen molar-refractivity contribution in [2.45, 2.75) is 44.4 Å². The highest BCUT2D eigenvalue weighted by Gasteiger charge is 2.29. The number of nitrogens with zero attached hydrogens (tertiary/aromatic N) is 1. The van der Waals surface area contributed by atoms with Crippen LogP contribution in [0.25, 0.3) is 0 Å². The van der Waals surface area contributed by atoms with E-state index < -0.39 is 0 Å². The number of hydrogen-bond donors (Lipinski definition) is 3. The van der Waals surface area contributed by atoms with E-state index in [0.717, 1.165) is 38.5 Å². The van der Waals surface area contributed by atoms with Crippen molar-refractivity contribution in [1.82, 2.24) is 15.5 Å². The van der Waals surface area contributed by atoms with Gasteiger partial charge in [-0.2, -0.15) is 0 Å². The smallest absolute Gasteiger partial charge is 0.0679 e. The van der Waals surface area contributed by atoms with Crippen LogP contribution in [0.3, 0.4) is 0 Å². The van der Waals surface area contributed by atoms with E-state index in [1.165, 1.54) is 12.8 Å². The van der Waals surface area contributed by atoms with Gasteiger partial charge in [0.15, 0.2) is 0 Å². The average molecular weight is 241 g/mol. The lowest BCUT2D eigenvalue weighted by atomic mass is 9.97. The molecule has 2 heterocycles. The third-order valence-electron chi connectivity index (χ3n) is 4.26. The molecule has 17 heavy (non-hydrogen) atoms. The van der Waals surface area contributed by atoms with Crippen LogP contribution >= 0.6 is 0 Å². The Bertz CT molecular complexity index is 237. The second-order valence-electron chi connectivity index (χ2n) is 5.79. The van der Waals surface area contributed by atoms with Gasteiger partial charge in [-0.15, -0.1) is 0 Å². The molecule has 2 saturated heterocycles. The number of hydrogen-bond acceptors (Lipinski definition) is 4. The Morgan fingerprint density at radius 3 is 3.00 bits per heavy atom.